The summed E-state index contributed by atoms with van der Waals surface area (Å²) >= 11 is 0. The standard InChI is InChI=1S/C21H19F2N5O4/c1-31-15-3-4-16(17(9-15)32-2)19-24-21(27-26-19)25-20(30)11-5-18(29)28(10-11)14-7-12(22)6-13(23)8-14/h3-4,6-9,11H,5,10H2,1-2H3,(H2,24,25,26,27,30). The summed E-state index contributed by atoms with van der Waals surface area (Å²) in [4.78, 5) is 30.4. The van der Waals surface area contributed by atoms with Crippen LogP contribution in [0.5, 0.6) is 11.5 Å². The van der Waals surface area contributed by atoms with E-state index in [1.165, 1.54) is 19.1 Å². The maximum Gasteiger partial charge on any atom is 0.249 e. The van der Waals surface area contributed by atoms with E-state index in [9.17, 15) is 18.4 Å². The van der Waals surface area contributed by atoms with Gasteiger partial charge in [0.05, 0.1) is 25.7 Å². The average Bonchev–Trinajstić information content (AvgIpc) is 3.39. The molecule has 166 valence electrons. The van der Waals surface area contributed by atoms with Crippen molar-refractivity contribution in [1.82, 2.24) is 15.2 Å². The summed E-state index contributed by atoms with van der Waals surface area (Å²) in [7, 11) is 3.04. The summed E-state index contributed by atoms with van der Waals surface area (Å²) < 4.78 is 37.5. The second-order valence-corrected chi connectivity index (χ2v) is 7.10. The van der Waals surface area contributed by atoms with Gasteiger partial charge in [-0.05, 0) is 24.3 Å². The second kappa shape index (κ2) is 8.61. The normalized spacial score (nSPS) is 15.7. The number of nitrogens with one attached hydrogen (secondary N) is 2. The minimum absolute atomic E-state index is 0.0167. The fraction of sp³-hybridized carbons (Fsp3) is 0.238. The summed E-state index contributed by atoms with van der Waals surface area (Å²) in [5.41, 5.74) is 0.672. The molecule has 2 heterocycles. The van der Waals surface area contributed by atoms with E-state index in [-0.39, 0.29) is 24.6 Å². The summed E-state index contributed by atoms with van der Waals surface area (Å²) in [5.74, 6) is -1.74. The van der Waals surface area contributed by atoms with Crippen molar-refractivity contribution in [3.8, 4) is 22.9 Å². The summed E-state index contributed by atoms with van der Waals surface area (Å²) in [6.45, 7) is -0.0167. The van der Waals surface area contributed by atoms with E-state index in [1.54, 1.807) is 18.2 Å². The van der Waals surface area contributed by atoms with Crippen molar-refractivity contribution in [3.05, 3.63) is 48.0 Å². The van der Waals surface area contributed by atoms with Gasteiger partial charge in [0.2, 0.25) is 17.8 Å². The number of aromatic amines is 1. The Labute approximate surface area is 181 Å². The third kappa shape index (κ3) is 4.22. The lowest BCUT2D eigenvalue weighted by Gasteiger charge is -2.16. The van der Waals surface area contributed by atoms with Crippen molar-refractivity contribution in [2.75, 3.05) is 31.0 Å². The molecular formula is C21H19F2N5O4. The highest BCUT2D eigenvalue weighted by molar-refractivity contribution is 6.03. The second-order valence-electron chi connectivity index (χ2n) is 7.10. The predicted molar refractivity (Wildman–Crippen MR) is 110 cm³/mol. The molecule has 0 bridgehead atoms. The van der Waals surface area contributed by atoms with Gasteiger partial charge in [-0.1, -0.05) is 0 Å². The number of anilines is 2. The van der Waals surface area contributed by atoms with Crippen LogP contribution in [0.15, 0.2) is 36.4 Å². The molecule has 1 saturated heterocycles. The minimum atomic E-state index is -0.803. The number of halogens is 2. The molecule has 11 heteroatoms. The first-order valence-electron chi connectivity index (χ1n) is 9.60. The van der Waals surface area contributed by atoms with E-state index in [0.29, 0.717) is 29.0 Å². The van der Waals surface area contributed by atoms with E-state index >= 15 is 0 Å². The molecule has 32 heavy (non-hydrogen) atoms. The topological polar surface area (TPSA) is 109 Å². The van der Waals surface area contributed by atoms with Crippen LogP contribution >= 0.6 is 0 Å². The monoisotopic (exact) mass is 443 g/mol. The highest BCUT2D eigenvalue weighted by Crippen LogP contribution is 2.32. The van der Waals surface area contributed by atoms with Gasteiger partial charge in [-0.3, -0.25) is 20.0 Å². The van der Waals surface area contributed by atoms with Gasteiger partial charge in [-0.15, -0.1) is 5.10 Å². The molecule has 1 fully saturated rings. The third-order valence-electron chi connectivity index (χ3n) is 5.04. The van der Waals surface area contributed by atoms with Gasteiger partial charge in [0, 0.05) is 30.8 Å². The zero-order valence-corrected chi connectivity index (χ0v) is 17.2. The molecule has 1 aliphatic heterocycles. The Kier molecular flexibility index (Phi) is 5.71. The van der Waals surface area contributed by atoms with Gasteiger partial charge in [0.15, 0.2) is 5.82 Å². The summed E-state index contributed by atoms with van der Waals surface area (Å²) in [6, 6.07) is 7.95. The SMILES string of the molecule is COc1ccc(-c2nc(NC(=O)C3CC(=O)N(c4cc(F)cc(F)c4)C3)n[nH]2)c(OC)c1. The number of H-pyrrole nitrogens is 1. The van der Waals surface area contributed by atoms with Crippen LogP contribution < -0.4 is 19.7 Å². The van der Waals surface area contributed by atoms with Crippen molar-refractivity contribution in [3.63, 3.8) is 0 Å². The zero-order valence-electron chi connectivity index (χ0n) is 17.2. The quantitative estimate of drug-likeness (QED) is 0.606. The highest BCUT2D eigenvalue weighted by Gasteiger charge is 2.36. The van der Waals surface area contributed by atoms with E-state index in [1.807, 2.05) is 0 Å². The van der Waals surface area contributed by atoms with E-state index in [2.05, 4.69) is 20.5 Å². The van der Waals surface area contributed by atoms with Gasteiger partial charge in [0.1, 0.15) is 23.1 Å². The highest BCUT2D eigenvalue weighted by atomic mass is 19.1. The van der Waals surface area contributed by atoms with Crippen LogP contribution in [-0.4, -0.2) is 47.8 Å². The molecule has 0 saturated carbocycles. The van der Waals surface area contributed by atoms with Crippen molar-refractivity contribution in [1.29, 1.82) is 0 Å². The van der Waals surface area contributed by atoms with Crippen molar-refractivity contribution in [2.24, 2.45) is 5.92 Å². The lowest BCUT2D eigenvalue weighted by Crippen LogP contribution is -2.28. The van der Waals surface area contributed by atoms with Crippen LogP contribution in [-0.2, 0) is 9.59 Å². The predicted octanol–water partition coefficient (Wildman–Crippen LogP) is 2.76. The first kappa shape index (κ1) is 21.2. The number of aromatic nitrogens is 3. The van der Waals surface area contributed by atoms with Crippen LogP contribution in [0.4, 0.5) is 20.4 Å². The number of ether oxygens (including phenoxy) is 2. The molecule has 0 spiro atoms. The largest absolute Gasteiger partial charge is 0.497 e. The van der Waals surface area contributed by atoms with Crippen LogP contribution in [0.25, 0.3) is 11.4 Å². The number of carbonyl (C=O) groups excluding carboxylic acids is 2. The maximum atomic E-state index is 13.5. The Morgan fingerprint density at radius 3 is 2.59 bits per heavy atom. The lowest BCUT2D eigenvalue weighted by atomic mass is 10.1. The molecule has 2 N–H and O–H groups in total. The molecule has 9 nitrogen and oxygen atoms in total. The zero-order chi connectivity index (χ0) is 22.8. The number of hydrogen-bond acceptors (Lipinski definition) is 6. The molecule has 1 aliphatic rings. The fourth-order valence-electron chi connectivity index (χ4n) is 3.47. The summed E-state index contributed by atoms with van der Waals surface area (Å²) in [5, 5.41) is 9.28. The van der Waals surface area contributed by atoms with Crippen LogP contribution in [0.1, 0.15) is 6.42 Å². The number of rotatable bonds is 6. The molecular weight excluding hydrogens is 424 g/mol. The number of benzene rings is 2. The Balaban J connectivity index is 1.46. The molecule has 4 rings (SSSR count). The van der Waals surface area contributed by atoms with Crippen molar-refractivity contribution >= 4 is 23.5 Å². The molecule has 1 atom stereocenters. The van der Waals surface area contributed by atoms with Gasteiger partial charge in [-0.25, -0.2) is 8.78 Å². The van der Waals surface area contributed by atoms with Crippen LogP contribution in [0, 0.1) is 17.6 Å². The van der Waals surface area contributed by atoms with Crippen molar-refractivity contribution < 1.29 is 27.8 Å². The number of nitrogens with zero attached hydrogens (tertiary/aromatic N) is 3. The van der Waals surface area contributed by atoms with Gasteiger partial charge >= 0.3 is 0 Å². The molecule has 1 aromatic heterocycles. The molecule has 0 radical (unpaired) electrons. The molecule has 0 aliphatic carbocycles. The number of methoxy groups -OCH3 is 2. The summed E-state index contributed by atoms with van der Waals surface area (Å²) in [6.07, 6.45) is -0.104. The molecule has 1 unspecified atom stereocenters. The van der Waals surface area contributed by atoms with Gasteiger partial charge in [0.25, 0.3) is 0 Å². The number of carbonyl (C=O) groups is 2. The smallest absolute Gasteiger partial charge is 0.249 e. The Hall–Kier alpha value is -4.02. The Morgan fingerprint density at radius 2 is 1.91 bits per heavy atom. The van der Waals surface area contributed by atoms with Crippen molar-refractivity contribution in [2.45, 2.75) is 6.42 Å². The fourth-order valence-corrected chi connectivity index (χ4v) is 3.47. The first-order chi connectivity index (χ1) is 15.4. The lowest BCUT2D eigenvalue weighted by molar-refractivity contribution is -0.122. The molecule has 3 aromatic rings. The minimum Gasteiger partial charge on any atom is -0.497 e. The average molecular weight is 443 g/mol. The molecule has 2 aromatic carbocycles. The van der Waals surface area contributed by atoms with E-state index < -0.39 is 29.4 Å². The van der Waals surface area contributed by atoms with Gasteiger partial charge in [-0.2, -0.15) is 4.98 Å². The maximum absolute atomic E-state index is 13.5. The van der Waals surface area contributed by atoms with E-state index in [0.717, 1.165) is 12.1 Å². The van der Waals surface area contributed by atoms with Crippen LogP contribution in [0.3, 0.4) is 0 Å². The molecule has 2 amide bonds. The van der Waals surface area contributed by atoms with Gasteiger partial charge < -0.3 is 14.4 Å². The third-order valence-corrected chi connectivity index (χ3v) is 5.04. The van der Waals surface area contributed by atoms with E-state index in [4.69, 9.17) is 9.47 Å². The Morgan fingerprint density at radius 1 is 1.16 bits per heavy atom. The first-order valence-corrected chi connectivity index (χ1v) is 9.60. The van der Waals surface area contributed by atoms with Crippen LogP contribution in [0.2, 0.25) is 0 Å². The number of hydrogen-bond donors (Lipinski definition) is 2. The number of amides is 2. The Bertz CT molecular complexity index is 1160.